The Hall–Kier alpha value is -1.10. The van der Waals surface area contributed by atoms with Gasteiger partial charge in [0.05, 0.1) is 12.7 Å². The SMILES string of the molecule is CCNC(C)c1ccc(OCC(O)COC(C)C)cc1. The molecule has 114 valence electrons. The second kappa shape index (κ2) is 8.95. The number of ether oxygens (including phenoxy) is 2. The minimum absolute atomic E-state index is 0.122. The summed E-state index contributed by atoms with van der Waals surface area (Å²) in [5, 5.41) is 13.1. The van der Waals surface area contributed by atoms with E-state index in [1.807, 2.05) is 38.1 Å². The van der Waals surface area contributed by atoms with Crippen molar-refractivity contribution < 1.29 is 14.6 Å². The molecule has 0 heterocycles. The van der Waals surface area contributed by atoms with Crippen molar-refractivity contribution in [1.29, 1.82) is 0 Å². The molecule has 4 heteroatoms. The van der Waals surface area contributed by atoms with Crippen LogP contribution < -0.4 is 10.1 Å². The molecule has 2 N–H and O–H groups in total. The summed E-state index contributed by atoms with van der Waals surface area (Å²) in [6.45, 7) is 9.60. The molecule has 1 aromatic carbocycles. The van der Waals surface area contributed by atoms with E-state index in [0.29, 0.717) is 12.6 Å². The topological polar surface area (TPSA) is 50.7 Å². The number of aliphatic hydroxyl groups excluding tert-OH is 1. The zero-order chi connectivity index (χ0) is 15.0. The number of hydrogen-bond donors (Lipinski definition) is 2. The third-order valence-electron chi connectivity index (χ3n) is 2.95. The monoisotopic (exact) mass is 281 g/mol. The van der Waals surface area contributed by atoms with Crippen LogP contribution in [0.5, 0.6) is 5.75 Å². The Kier molecular flexibility index (Phi) is 7.59. The van der Waals surface area contributed by atoms with Crippen LogP contribution in [0.3, 0.4) is 0 Å². The normalized spacial score (nSPS) is 14.3. The zero-order valence-electron chi connectivity index (χ0n) is 12.9. The second-order valence-electron chi connectivity index (χ2n) is 5.20. The van der Waals surface area contributed by atoms with Gasteiger partial charge >= 0.3 is 0 Å². The summed E-state index contributed by atoms with van der Waals surface area (Å²) in [5.41, 5.74) is 1.22. The van der Waals surface area contributed by atoms with Gasteiger partial charge in [-0.2, -0.15) is 0 Å². The van der Waals surface area contributed by atoms with Crippen LogP contribution in [0.4, 0.5) is 0 Å². The van der Waals surface area contributed by atoms with Crippen molar-refractivity contribution >= 4 is 0 Å². The molecule has 20 heavy (non-hydrogen) atoms. The van der Waals surface area contributed by atoms with E-state index < -0.39 is 6.10 Å². The van der Waals surface area contributed by atoms with Crippen LogP contribution in [0.25, 0.3) is 0 Å². The average molecular weight is 281 g/mol. The van der Waals surface area contributed by atoms with Crippen molar-refractivity contribution in [2.75, 3.05) is 19.8 Å². The fourth-order valence-electron chi connectivity index (χ4n) is 1.82. The highest BCUT2D eigenvalue weighted by atomic mass is 16.5. The van der Waals surface area contributed by atoms with Crippen molar-refractivity contribution in [3.05, 3.63) is 29.8 Å². The van der Waals surface area contributed by atoms with Crippen LogP contribution >= 0.6 is 0 Å². The van der Waals surface area contributed by atoms with E-state index in [0.717, 1.165) is 12.3 Å². The standard InChI is InChI=1S/C16H27NO3/c1-5-17-13(4)14-6-8-16(9-7-14)20-11-15(18)10-19-12(2)3/h6-9,12-13,15,17-18H,5,10-11H2,1-4H3. The smallest absolute Gasteiger partial charge is 0.119 e. The maximum absolute atomic E-state index is 9.71. The lowest BCUT2D eigenvalue weighted by Gasteiger charge is -2.16. The van der Waals surface area contributed by atoms with E-state index in [2.05, 4.69) is 19.2 Å². The third-order valence-corrected chi connectivity index (χ3v) is 2.95. The third kappa shape index (κ3) is 6.37. The molecule has 2 atom stereocenters. The lowest BCUT2D eigenvalue weighted by atomic mass is 10.1. The molecule has 0 fully saturated rings. The van der Waals surface area contributed by atoms with Crippen LogP contribution in [0.1, 0.15) is 39.3 Å². The minimum atomic E-state index is -0.599. The Morgan fingerprint density at radius 2 is 1.75 bits per heavy atom. The predicted octanol–water partition coefficient (Wildman–Crippen LogP) is 2.52. The average Bonchev–Trinajstić information content (AvgIpc) is 2.43. The molecule has 0 saturated heterocycles. The highest BCUT2D eigenvalue weighted by Gasteiger charge is 2.08. The van der Waals surface area contributed by atoms with E-state index in [9.17, 15) is 5.11 Å². The summed E-state index contributed by atoms with van der Waals surface area (Å²) < 4.78 is 10.9. The Balaban J connectivity index is 2.37. The van der Waals surface area contributed by atoms with Crippen LogP contribution in [-0.2, 0) is 4.74 Å². The van der Waals surface area contributed by atoms with Crippen LogP contribution in [-0.4, -0.2) is 37.1 Å². The summed E-state index contributed by atoms with van der Waals surface area (Å²) in [4.78, 5) is 0. The van der Waals surface area contributed by atoms with Crippen molar-refractivity contribution in [3.63, 3.8) is 0 Å². The summed E-state index contributed by atoms with van der Waals surface area (Å²) in [6.07, 6.45) is -0.478. The molecular weight excluding hydrogens is 254 g/mol. The fraction of sp³-hybridized carbons (Fsp3) is 0.625. The predicted molar refractivity (Wildman–Crippen MR) is 81.1 cm³/mol. The molecule has 0 aliphatic carbocycles. The fourth-order valence-corrected chi connectivity index (χ4v) is 1.82. The number of aliphatic hydroxyl groups is 1. The van der Waals surface area contributed by atoms with Gasteiger partial charge in [-0.3, -0.25) is 0 Å². The first-order valence-corrected chi connectivity index (χ1v) is 7.28. The molecule has 0 bridgehead atoms. The molecule has 0 aromatic heterocycles. The Bertz CT molecular complexity index is 364. The van der Waals surface area contributed by atoms with Gasteiger partial charge in [-0.1, -0.05) is 19.1 Å². The van der Waals surface area contributed by atoms with Gasteiger partial charge in [0.2, 0.25) is 0 Å². The molecule has 0 spiro atoms. The van der Waals surface area contributed by atoms with Gasteiger partial charge in [0.1, 0.15) is 18.5 Å². The quantitative estimate of drug-likeness (QED) is 0.730. The van der Waals surface area contributed by atoms with E-state index in [4.69, 9.17) is 9.47 Å². The van der Waals surface area contributed by atoms with Gasteiger partial charge in [0, 0.05) is 6.04 Å². The Labute approximate surface area is 122 Å². The van der Waals surface area contributed by atoms with Gasteiger partial charge in [0.25, 0.3) is 0 Å². The minimum Gasteiger partial charge on any atom is -0.491 e. The molecule has 0 radical (unpaired) electrons. The maximum Gasteiger partial charge on any atom is 0.119 e. The Morgan fingerprint density at radius 1 is 1.10 bits per heavy atom. The van der Waals surface area contributed by atoms with Gasteiger partial charge in [-0.05, 0) is 45.0 Å². The van der Waals surface area contributed by atoms with E-state index in [1.165, 1.54) is 5.56 Å². The van der Waals surface area contributed by atoms with Crippen LogP contribution in [0.15, 0.2) is 24.3 Å². The number of nitrogens with one attached hydrogen (secondary N) is 1. The number of rotatable bonds is 9. The van der Waals surface area contributed by atoms with Crippen molar-refractivity contribution in [1.82, 2.24) is 5.32 Å². The van der Waals surface area contributed by atoms with Gasteiger partial charge in [-0.15, -0.1) is 0 Å². The Morgan fingerprint density at radius 3 is 2.30 bits per heavy atom. The van der Waals surface area contributed by atoms with Crippen molar-refractivity contribution in [3.8, 4) is 5.75 Å². The highest BCUT2D eigenvalue weighted by Crippen LogP contribution is 2.17. The first-order valence-electron chi connectivity index (χ1n) is 7.28. The van der Waals surface area contributed by atoms with Crippen LogP contribution in [0.2, 0.25) is 0 Å². The lowest BCUT2D eigenvalue weighted by molar-refractivity contribution is -0.0122. The largest absolute Gasteiger partial charge is 0.491 e. The molecule has 1 rings (SSSR count). The maximum atomic E-state index is 9.71. The summed E-state index contributed by atoms with van der Waals surface area (Å²) in [6, 6.07) is 8.27. The summed E-state index contributed by atoms with van der Waals surface area (Å²) in [5.74, 6) is 0.765. The zero-order valence-corrected chi connectivity index (χ0v) is 12.9. The summed E-state index contributed by atoms with van der Waals surface area (Å²) >= 11 is 0. The van der Waals surface area contributed by atoms with Gasteiger partial charge < -0.3 is 19.9 Å². The first-order chi connectivity index (χ1) is 9.52. The number of benzene rings is 1. The van der Waals surface area contributed by atoms with Crippen molar-refractivity contribution in [2.24, 2.45) is 0 Å². The van der Waals surface area contributed by atoms with E-state index in [-0.39, 0.29) is 12.7 Å². The second-order valence-corrected chi connectivity index (χ2v) is 5.20. The molecule has 0 saturated carbocycles. The van der Waals surface area contributed by atoms with E-state index >= 15 is 0 Å². The van der Waals surface area contributed by atoms with Crippen LogP contribution in [0, 0.1) is 0 Å². The van der Waals surface area contributed by atoms with Gasteiger partial charge in [0.15, 0.2) is 0 Å². The lowest BCUT2D eigenvalue weighted by Crippen LogP contribution is -2.25. The van der Waals surface area contributed by atoms with E-state index in [1.54, 1.807) is 0 Å². The first kappa shape index (κ1) is 17.0. The van der Waals surface area contributed by atoms with Crippen molar-refractivity contribution in [2.45, 2.75) is 45.9 Å². The molecule has 4 nitrogen and oxygen atoms in total. The highest BCUT2D eigenvalue weighted by molar-refractivity contribution is 5.28. The molecule has 0 amide bonds. The van der Waals surface area contributed by atoms with Gasteiger partial charge in [-0.25, -0.2) is 0 Å². The molecule has 2 unspecified atom stereocenters. The number of hydrogen-bond acceptors (Lipinski definition) is 4. The molecule has 1 aromatic rings. The molecular formula is C16H27NO3. The summed E-state index contributed by atoms with van der Waals surface area (Å²) in [7, 11) is 0. The molecule has 0 aliphatic heterocycles. The molecule has 0 aliphatic rings.